The van der Waals surface area contributed by atoms with Gasteiger partial charge in [0.1, 0.15) is 12.1 Å². The van der Waals surface area contributed by atoms with E-state index in [0.29, 0.717) is 24.8 Å². The molecule has 1 aromatic carbocycles. The topological polar surface area (TPSA) is 90.8 Å². The first-order chi connectivity index (χ1) is 15.1. The molecule has 1 amide bonds. The van der Waals surface area contributed by atoms with Crippen molar-refractivity contribution in [1.82, 2.24) is 29.9 Å². The van der Waals surface area contributed by atoms with Gasteiger partial charge in [0.15, 0.2) is 5.16 Å². The highest BCUT2D eigenvalue weighted by molar-refractivity contribution is 7.99. The summed E-state index contributed by atoms with van der Waals surface area (Å²) in [5, 5.41) is 16.4. The summed E-state index contributed by atoms with van der Waals surface area (Å²) in [6.45, 7) is 5.70. The molecule has 9 heteroatoms. The molecule has 0 aliphatic carbocycles. The molecular formula is C22H24N6O2S. The number of hydrogen-bond donors (Lipinski definition) is 1. The minimum Gasteiger partial charge on any atom is -0.467 e. The second kappa shape index (κ2) is 9.65. The fraction of sp³-hybridized carbons (Fsp3) is 0.273. The van der Waals surface area contributed by atoms with E-state index in [0.717, 1.165) is 22.7 Å². The zero-order valence-corrected chi connectivity index (χ0v) is 18.3. The molecule has 0 aliphatic rings. The molecule has 1 N–H and O–H groups in total. The van der Waals surface area contributed by atoms with Gasteiger partial charge < -0.3 is 14.3 Å². The largest absolute Gasteiger partial charge is 0.467 e. The molecule has 0 atom stereocenters. The first-order valence-electron chi connectivity index (χ1n) is 9.96. The summed E-state index contributed by atoms with van der Waals surface area (Å²) >= 11 is 1.35. The molecule has 31 heavy (non-hydrogen) atoms. The monoisotopic (exact) mass is 436 g/mol. The number of aromatic nitrogens is 5. The van der Waals surface area contributed by atoms with E-state index < -0.39 is 0 Å². The van der Waals surface area contributed by atoms with E-state index in [4.69, 9.17) is 4.42 Å². The molecule has 0 radical (unpaired) electrons. The summed E-state index contributed by atoms with van der Waals surface area (Å²) in [6, 6.07) is 13.9. The van der Waals surface area contributed by atoms with Gasteiger partial charge in [-0.25, -0.2) is 0 Å². The second-order valence-electron chi connectivity index (χ2n) is 7.18. The molecule has 0 fully saturated rings. The van der Waals surface area contributed by atoms with Crippen LogP contribution in [-0.4, -0.2) is 36.2 Å². The summed E-state index contributed by atoms with van der Waals surface area (Å²) in [7, 11) is 0. The van der Waals surface area contributed by atoms with E-state index >= 15 is 0 Å². The molecule has 0 spiro atoms. The number of nitrogens with zero attached hydrogens (tertiary/aromatic N) is 5. The van der Waals surface area contributed by atoms with Crippen molar-refractivity contribution < 1.29 is 9.21 Å². The highest BCUT2D eigenvalue weighted by atomic mass is 32.2. The minimum atomic E-state index is -0.0628. The Labute approximate surface area is 184 Å². The van der Waals surface area contributed by atoms with Gasteiger partial charge in [0.25, 0.3) is 0 Å². The van der Waals surface area contributed by atoms with Crippen LogP contribution in [-0.2, 0) is 24.4 Å². The molecule has 3 heterocycles. The molecule has 0 unspecified atom stereocenters. The van der Waals surface area contributed by atoms with E-state index in [1.807, 2.05) is 53.4 Å². The minimum absolute atomic E-state index is 0.0628. The van der Waals surface area contributed by atoms with Gasteiger partial charge in [-0.15, -0.1) is 10.2 Å². The lowest BCUT2D eigenvalue weighted by Gasteiger charge is -2.08. The van der Waals surface area contributed by atoms with Gasteiger partial charge in [0.05, 0.1) is 30.8 Å². The molecule has 160 valence electrons. The number of thioether (sulfide) groups is 1. The average Bonchev–Trinajstić information content (AvgIpc) is 3.49. The number of furan rings is 1. The fourth-order valence-electron chi connectivity index (χ4n) is 3.30. The Hall–Kier alpha value is -3.33. The summed E-state index contributed by atoms with van der Waals surface area (Å²) in [6.07, 6.45) is 3.27. The number of nitrogens with one attached hydrogen (secondary N) is 1. The maximum Gasteiger partial charge on any atom is 0.230 e. The van der Waals surface area contributed by atoms with Crippen molar-refractivity contribution in [2.45, 2.75) is 38.6 Å². The highest BCUT2D eigenvalue weighted by Crippen LogP contribution is 2.17. The third-order valence-electron chi connectivity index (χ3n) is 4.99. The van der Waals surface area contributed by atoms with Crippen molar-refractivity contribution >= 4 is 17.7 Å². The van der Waals surface area contributed by atoms with Crippen LogP contribution in [0.4, 0.5) is 0 Å². The standard InChI is InChI=1S/C22H24N6O2S/c1-16-20(17(2)28(26-16)12-18-7-4-3-5-8-18)11-23-21(29)14-31-22-25-24-15-27(22)13-19-9-6-10-30-19/h3-10,15H,11-14H2,1-2H3,(H,23,29). The lowest BCUT2D eigenvalue weighted by Crippen LogP contribution is -2.25. The van der Waals surface area contributed by atoms with E-state index in [2.05, 4.69) is 32.7 Å². The van der Waals surface area contributed by atoms with Crippen LogP contribution in [0.5, 0.6) is 0 Å². The van der Waals surface area contributed by atoms with Gasteiger partial charge in [-0.05, 0) is 31.5 Å². The van der Waals surface area contributed by atoms with Crippen LogP contribution in [0, 0.1) is 13.8 Å². The number of hydrogen-bond acceptors (Lipinski definition) is 6. The van der Waals surface area contributed by atoms with Crippen LogP contribution in [0.25, 0.3) is 0 Å². The van der Waals surface area contributed by atoms with E-state index in [-0.39, 0.29) is 11.7 Å². The van der Waals surface area contributed by atoms with Crippen molar-refractivity contribution in [3.8, 4) is 0 Å². The molecule has 0 aliphatic heterocycles. The molecule has 4 rings (SSSR count). The van der Waals surface area contributed by atoms with Gasteiger partial charge in [-0.3, -0.25) is 9.48 Å². The lowest BCUT2D eigenvalue weighted by molar-refractivity contribution is -0.118. The summed E-state index contributed by atoms with van der Waals surface area (Å²) in [5.41, 5.74) is 4.24. The number of carbonyl (C=O) groups is 1. The van der Waals surface area contributed by atoms with E-state index in [1.54, 1.807) is 12.6 Å². The van der Waals surface area contributed by atoms with Crippen LogP contribution >= 0.6 is 11.8 Å². The maximum absolute atomic E-state index is 12.4. The van der Waals surface area contributed by atoms with Crippen molar-refractivity contribution in [1.29, 1.82) is 0 Å². The zero-order chi connectivity index (χ0) is 21.6. The third-order valence-corrected chi connectivity index (χ3v) is 5.97. The maximum atomic E-state index is 12.4. The van der Waals surface area contributed by atoms with Crippen molar-refractivity contribution in [3.05, 3.63) is 83.3 Å². The van der Waals surface area contributed by atoms with Gasteiger partial charge in [-0.2, -0.15) is 5.10 Å². The quantitative estimate of drug-likeness (QED) is 0.405. The van der Waals surface area contributed by atoms with Gasteiger partial charge in [0.2, 0.25) is 5.91 Å². The van der Waals surface area contributed by atoms with Crippen LogP contribution in [0.15, 0.2) is 64.6 Å². The highest BCUT2D eigenvalue weighted by Gasteiger charge is 2.14. The SMILES string of the molecule is Cc1nn(Cc2ccccc2)c(C)c1CNC(=O)CSc1nncn1Cc1ccco1. The van der Waals surface area contributed by atoms with Crippen molar-refractivity contribution in [3.63, 3.8) is 0 Å². The van der Waals surface area contributed by atoms with Gasteiger partial charge in [-0.1, -0.05) is 42.1 Å². The van der Waals surface area contributed by atoms with Gasteiger partial charge >= 0.3 is 0 Å². The summed E-state index contributed by atoms with van der Waals surface area (Å²) in [5.74, 6) is 1.00. The predicted octanol–water partition coefficient (Wildman–Crippen LogP) is 3.19. The van der Waals surface area contributed by atoms with Crippen molar-refractivity contribution in [2.24, 2.45) is 0 Å². The summed E-state index contributed by atoms with van der Waals surface area (Å²) < 4.78 is 9.21. The first-order valence-corrected chi connectivity index (χ1v) is 10.9. The molecule has 0 bridgehead atoms. The smallest absolute Gasteiger partial charge is 0.230 e. The van der Waals surface area contributed by atoms with Crippen LogP contribution in [0.2, 0.25) is 0 Å². The molecule has 0 saturated heterocycles. The molecule has 4 aromatic rings. The Morgan fingerprint density at radius 3 is 2.74 bits per heavy atom. The molecule has 0 saturated carbocycles. The van der Waals surface area contributed by atoms with Gasteiger partial charge in [0, 0.05) is 17.8 Å². The van der Waals surface area contributed by atoms with Crippen LogP contribution in [0.1, 0.15) is 28.3 Å². The fourth-order valence-corrected chi connectivity index (χ4v) is 4.05. The molecule has 3 aromatic heterocycles. The lowest BCUT2D eigenvalue weighted by atomic mass is 10.2. The first kappa shape index (κ1) is 20.9. The number of amides is 1. The second-order valence-corrected chi connectivity index (χ2v) is 8.12. The number of carbonyl (C=O) groups excluding carboxylic acids is 1. The normalized spacial score (nSPS) is 11.0. The van der Waals surface area contributed by atoms with Crippen LogP contribution < -0.4 is 5.32 Å². The predicted molar refractivity (Wildman–Crippen MR) is 118 cm³/mol. The Kier molecular flexibility index (Phi) is 6.51. The Morgan fingerprint density at radius 1 is 1.13 bits per heavy atom. The molecule has 8 nitrogen and oxygen atoms in total. The number of aryl methyl sites for hydroxylation is 1. The summed E-state index contributed by atoms with van der Waals surface area (Å²) in [4.78, 5) is 12.4. The Balaban J connectivity index is 1.31. The third kappa shape index (κ3) is 5.24. The van der Waals surface area contributed by atoms with Crippen LogP contribution in [0.3, 0.4) is 0 Å². The molecular weight excluding hydrogens is 412 g/mol. The number of rotatable bonds is 9. The van der Waals surface area contributed by atoms with Crippen molar-refractivity contribution in [2.75, 3.05) is 5.75 Å². The van der Waals surface area contributed by atoms with E-state index in [1.165, 1.54) is 17.3 Å². The van der Waals surface area contributed by atoms with E-state index in [9.17, 15) is 4.79 Å². The number of benzene rings is 1. The zero-order valence-electron chi connectivity index (χ0n) is 17.5. The average molecular weight is 437 g/mol. The Morgan fingerprint density at radius 2 is 1.97 bits per heavy atom. The Bertz CT molecular complexity index is 1130.